The van der Waals surface area contributed by atoms with Gasteiger partial charge in [0.25, 0.3) is 0 Å². The smallest absolute Gasteiger partial charge is 0.242 e. The van der Waals surface area contributed by atoms with Crippen molar-refractivity contribution in [2.75, 3.05) is 6.61 Å². The summed E-state index contributed by atoms with van der Waals surface area (Å²) in [5.74, 6) is 0.250. The van der Waals surface area contributed by atoms with Crippen LogP contribution in [0.5, 0.6) is 0 Å². The van der Waals surface area contributed by atoms with Crippen molar-refractivity contribution in [1.82, 2.24) is 5.01 Å². The van der Waals surface area contributed by atoms with Gasteiger partial charge < -0.3 is 4.74 Å². The highest BCUT2D eigenvalue weighted by Crippen LogP contribution is 2.41. The Morgan fingerprint density at radius 1 is 1.38 bits per heavy atom. The number of hydrazone groups is 1. The normalized spacial score (nSPS) is 27.2. The molecule has 112 valence electrons. The zero-order valence-corrected chi connectivity index (χ0v) is 12.9. The fourth-order valence-electron chi connectivity index (χ4n) is 3.18. The van der Waals surface area contributed by atoms with Crippen LogP contribution in [0.4, 0.5) is 0 Å². The van der Waals surface area contributed by atoms with Crippen LogP contribution in [0.1, 0.15) is 45.2 Å². The maximum atomic E-state index is 12.3. The summed E-state index contributed by atoms with van der Waals surface area (Å²) in [5.41, 5.74) is 2.04. The third-order valence-electron chi connectivity index (χ3n) is 4.27. The number of ether oxygens (including phenoxy) is 1. The molecular weight excluding hydrogens is 264 g/mol. The standard InChI is InChI=1S/C17H22N2O2/c1-4-15(20)19-16(12-8-6-5-7-9-12)13-11-21-17(2,3)10-14(13)18-19/h5-9,13,16H,4,10-11H2,1-3H3/t13-,16+/m1/s1. The second-order valence-electron chi connectivity index (χ2n) is 6.39. The van der Waals surface area contributed by atoms with Crippen LogP contribution >= 0.6 is 0 Å². The molecule has 1 aromatic rings. The molecule has 2 atom stereocenters. The Bertz CT molecular complexity index is 565. The van der Waals surface area contributed by atoms with Crippen molar-refractivity contribution in [3.63, 3.8) is 0 Å². The second kappa shape index (κ2) is 5.26. The lowest BCUT2D eigenvalue weighted by Crippen LogP contribution is -2.41. The first-order valence-corrected chi connectivity index (χ1v) is 7.60. The zero-order valence-electron chi connectivity index (χ0n) is 12.9. The van der Waals surface area contributed by atoms with Crippen molar-refractivity contribution < 1.29 is 9.53 Å². The van der Waals surface area contributed by atoms with Gasteiger partial charge in [0.1, 0.15) is 0 Å². The summed E-state index contributed by atoms with van der Waals surface area (Å²) in [6, 6.07) is 10.1. The molecule has 0 saturated carbocycles. The topological polar surface area (TPSA) is 41.9 Å². The second-order valence-corrected chi connectivity index (χ2v) is 6.39. The van der Waals surface area contributed by atoms with E-state index >= 15 is 0 Å². The maximum Gasteiger partial charge on any atom is 0.242 e. The summed E-state index contributed by atoms with van der Waals surface area (Å²) < 4.78 is 5.97. The molecule has 21 heavy (non-hydrogen) atoms. The molecule has 0 aliphatic carbocycles. The van der Waals surface area contributed by atoms with E-state index in [1.54, 1.807) is 5.01 Å². The Labute approximate surface area is 125 Å². The molecular formula is C17H22N2O2. The number of fused-ring (bicyclic) bond motifs is 1. The van der Waals surface area contributed by atoms with E-state index in [9.17, 15) is 4.79 Å². The van der Waals surface area contributed by atoms with Crippen LogP contribution in [0.15, 0.2) is 35.4 Å². The fraction of sp³-hybridized carbons (Fsp3) is 0.529. The molecule has 0 N–H and O–H groups in total. The molecule has 4 heteroatoms. The Morgan fingerprint density at radius 2 is 2.10 bits per heavy atom. The minimum absolute atomic E-state index is 0.0234. The van der Waals surface area contributed by atoms with Gasteiger partial charge >= 0.3 is 0 Å². The van der Waals surface area contributed by atoms with Gasteiger partial charge in [-0.2, -0.15) is 5.10 Å². The van der Waals surface area contributed by atoms with Crippen LogP contribution in [-0.4, -0.2) is 28.8 Å². The summed E-state index contributed by atoms with van der Waals surface area (Å²) in [7, 11) is 0. The maximum absolute atomic E-state index is 12.3. The van der Waals surface area contributed by atoms with E-state index in [-0.39, 0.29) is 23.5 Å². The van der Waals surface area contributed by atoms with Gasteiger partial charge in [-0.05, 0) is 19.4 Å². The van der Waals surface area contributed by atoms with E-state index in [0.717, 1.165) is 17.7 Å². The van der Waals surface area contributed by atoms with Crippen molar-refractivity contribution >= 4 is 11.6 Å². The molecule has 1 fully saturated rings. The number of rotatable bonds is 2. The number of nitrogens with zero attached hydrogens (tertiary/aromatic N) is 2. The molecule has 0 spiro atoms. The number of benzene rings is 1. The van der Waals surface area contributed by atoms with Gasteiger partial charge in [0.15, 0.2) is 0 Å². The summed E-state index contributed by atoms with van der Waals surface area (Å²) in [6.45, 7) is 6.66. The highest BCUT2D eigenvalue weighted by Gasteiger charge is 2.45. The van der Waals surface area contributed by atoms with E-state index in [1.807, 2.05) is 25.1 Å². The zero-order chi connectivity index (χ0) is 15.0. The number of hydrogen-bond acceptors (Lipinski definition) is 3. The highest BCUT2D eigenvalue weighted by molar-refractivity contribution is 5.93. The van der Waals surface area contributed by atoms with Crippen LogP contribution in [0.25, 0.3) is 0 Å². The largest absolute Gasteiger partial charge is 0.374 e. The molecule has 1 amide bonds. The molecule has 2 heterocycles. The van der Waals surface area contributed by atoms with Crippen molar-refractivity contribution in [3.8, 4) is 0 Å². The Kier molecular flexibility index (Phi) is 3.57. The van der Waals surface area contributed by atoms with Crippen LogP contribution in [-0.2, 0) is 9.53 Å². The molecule has 0 bridgehead atoms. The van der Waals surface area contributed by atoms with Gasteiger partial charge in [0.2, 0.25) is 5.91 Å². The molecule has 0 radical (unpaired) electrons. The number of carbonyl (C=O) groups excluding carboxylic acids is 1. The van der Waals surface area contributed by atoms with E-state index in [1.165, 1.54) is 0 Å². The third kappa shape index (κ3) is 2.60. The van der Waals surface area contributed by atoms with Gasteiger partial charge in [-0.25, -0.2) is 5.01 Å². The molecule has 1 aromatic carbocycles. The third-order valence-corrected chi connectivity index (χ3v) is 4.27. The summed E-state index contributed by atoms with van der Waals surface area (Å²) in [4.78, 5) is 12.3. The minimum Gasteiger partial charge on any atom is -0.374 e. The summed E-state index contributed by atoms with van der Waals surface area (Å²) in [6.07, 6.45) is 1.26. The van der Waals surface area contributed by atoms with Crippen LogP contribution in [0.3, 0.4) is 0 Å². The molecule has 0 unspecified atom stereocenters. The van der Waals surface area contributed by atoms with Gasteiger partial charge in [0.05, 0.1) is 18.2 Å². The number of hydrogen-bond donors (Lipinski definition) is 0. The molecule has 3 rings (SSSR count). The lowest BCUT2D eigenvalue weighted by molar-refractivity contribution is -0.133. The summed E-state index contributed by atoms with van der Waals surface area (Å²) >= 11 is 0. The minimum atomic E-state index is -0.193. The first-order valence-electron chi connectivity index (χ1n) is 7.60. The monoisotopic (exact) mass is 286 g/mol. The average molecular weight is 286 g/mol. The fourth-order valence-corrected chi connectivity index (χ4v) is 3.18. The SMILES string of the molecule is CCC(=O)N1N=C2CC(C)(C)OC[C@H]2[C@@H]1c1ccccc1. The van der Waals surface area contributed by atoms with Crippen LogP contribution in [0.2, 0.25) is 0 Å². The van der Waals surface area contributed by atoms with Crippen LogP contribution < -0.4 is 0 Å². The van der Waals surface area contributed by atoms with Gasteiger partial charge in [-0.1, -0.05) is 37.3 Å². The lowest BCUT2D eigenvalue weighted by Gasteiger charge is -2.35. The molecule has 4 nitrogen and oxygen atoms in total. The van der Waals surface area contributed by atoms with E-state index in [0.29, 0.717) is 13.0 Å². The van der Waals surface area contributed by atoms with Gasteiger partial charge in [-0.15, -0.1) is 0 Å². The van der Waals surface area contributed by atoms with Gasteiger partial charge in [0, 0.05) is 24.5 Å². The predicted molar refractivity (Wildman–Crippen MR) is 81.9 cm³/mol. The molecule has 0 aromatic heterocycles. The molecule has 2 aliphatic heterocycles. The van der Waals surface area contributed by atoms with Crippen molar-refractivity contribution in [3.05, 3.63) is 35.9 Å². The van der Waals surface area contributed by atoms with E-state index in [4.69, 9.17) is 4.74 Å². The Hall–Kier alpha value is -1.68. The van der Waals surface area contributed by atoms with Crippen LogP contribution in [0, 0.1) is 5.92 Å². The average Bonchev–Trinajstić information content (AvgIpc) is 2.84. The van der Waals surface area contributed by atoms with Crippen molar-refractivity contribution in [1.29, 1.82) is 0 Å². The summed E-state index contributed by atoms with van der Waals surface area (Å²) in [5, 5.41) is 6.34. The number of amides is 1. The predicted octanol–water partition coefficient (Wildman–Crippen LogP) is 3.15. The quantitative estimate of drug-likeness (QED) is 0.838. The highest BCUT2D eigenvalue weighted by atomic mass is 16.5. The van der Waals surface area contributed by atoms with Crippen molar-refractivity contribution in [2.45, 2.75) is 45.3 Å². The van der Waals surface area contributed by atoms with Gasteiger partial charge in [-0.3, -0.25) is 4.79 Å². The Balaban J connectivity index is 1.97. The Morgan fingerprint density at radius 3 is 2.76 bits per heavy atom. The van der Waals surface area contributed by atoms with Crippen molar-refractivity contribution in [2.24, 2.45) is 11.0 Å². The van der Waals surface area contributed by atoms with E-state index < -0.39 is 0 Å². The lowest BCUT2D eigenvalue weighted by atomic mass is 9.83. The molecule has 2 aliphatic rings. The first-order chi connectivity index (χ1) is 10.0. The first kappa shape index (κ1) is 14.3. The van der Waals surface area contributed by atoms with E-state index in [2.05, 4.69) is 31.1 Å². The number of carbonyl (C=O) groups is 1. The molecule has 1 saturated heterocycles.